The number of aromatic hydroxyl groups is 2. The number of nitrogens with two attached hydrogens (primary N) is 1. The van der Waals surface area contributed by atoms with Gasteiger partial charge in [0.2, 0.25) is 0 Å². The summed E-state index contributed by atoms with van der Waals surface area (Å²) in [5.41, 5.74) is 0.0518. The second-order valence-corrected chi connectivity index (χ2v) is 4.46. The van der Waals surface area contributed by atoms with Gasteiger partial charge in [-0.1, -0.05) is 12.1 Å². The maximum Gasteiger partial charge on any atom is 0.269 e. The fourth-order valence-electron chi connectivity index (χ4n) is 1.75. The van der Waals surface area contributed by atoms with E-state index in [4.69, 9.17) is 10.7 Å². The minimum atomic E-state index is -0.543. The fourth-order valence-corrected chi connectivity index (χ4v) is 1.75. The Morgan fingerprint density at radius 2 is 1.68 bits per heavy atom. The molecule has 0 radical (unpaired) electrons. The van der Waals surface area contributed by atoms with Crippen LogP contribution in [0.2, 0.25) is 0 Å². The van der Waals surface area contributed by atoms with E-state index in [0.29, 0.717) is 5.17 Å². The van der Waals surface area contributed by atoms with Crippen LogP contribution in [0.5, 0.6) is 17.2 Å². The molecule has 0 saturated carbocycles. The number of hydrazine groups is 1. The largest absolute Gasteiger partial charge is 0.507 e. The van der Waals surface area contributed by atoms with Crippen LogP contribution < -0.4 is 10.7 Å². The van der Waals surface area contributed by atoms with Crippen LogP contribution in [-0.2, 0) is 4.79 Å². The third kappa shape index (κ3) is 3.15. The summed E-state index contributed by atoms with van der Waals surface area (Å²) in [6.45, 7) is 1.20. The minimum Gasteiger partial charge on any atom is -0.507 e. The first-order valence-corrected chi connectivity index (χ1v) is 6.29. The Balaban J connectivity index is 2.29. The molecule has 0 spiro atoms. The number of amides is 1. The Labute approximate surface area is 126 Å². The monoisotopic (exact) mass is 302 g/mol. The molecule has 0 bridgehead atoms. The second kappa shape index (κ2) is 6.15. The lowest BCUT2D eigenvalue weighted by Gasteiger charge is -2.15. The molecule has 2 aromatic carbocycles. The molecule has 22 heavy (non-hydrogen) atoms. The number of benzene rings is 2. The van der Waals surface area contributed by atoms with Crippen LogP contribution in [0, 0.1) is 0 Å². The third-order valence-electron chi connectivity index (χ3n) is 2.88. The van der Waals surface area contributed by atoms with E-state index in [-0.39, 0.29) is 28.4 Å². The summed E-state index contributed by atoms with van der Waals surface area (Å²) in [6, 6.07) is 9.83. The van der Waals surface area contributed by atoms with Crippen LogP contribution in [0.15, 0.2) is 42.5 Å². The molecule has 2 rings (SSSR count). The number of nitrogens with zero attached hydrogens (tertiary/aromatic N) is 1. The Bertz CT molecular complexity index is 730. The zero-order valence-corrected chi connectivity index (χ0v) is 11.7. The summed E-state index contributed by atoms with van der Waals surface area (Å²) in [5, 5.41) is 20.1. The van der Waals surface area contributed by atoms with E-state index in [1.165, 1.54) is 31.2 Å². The van der Waals surface area contributed by atoms with Gasteiger partial charge in [-0.2, -0.15) is 0 Å². The lowest BCUT2D eigenvalue weighted by Crippen LogP contribution is -2.38. The second-order valence-electron chi connectivity index (χ2n) is 4.46. The first kappa shape index (κ1) is 15.3. The Morgan fingerprint density at radius 3 is 2.27 bits per heavy atom. The number of carbonyl (C=O) groups is 2. The van der Waals surface area contributed by atoms with Gasteiger partial charge in [0, 0.05) is 13.0 Å². The first-order chi connectivity index (χ1) is 10.4. The molecule has 0 aliphatic heterocycles. The molecule has 7 heteroatoms. The van der Waals surface area contributed by atoms with Gasteiger partial charge in [0.25, 0.3) is 5.91 Å². The fraction of sp³-hybridized carbons (Fsp3) is 0.0667. The van der Waals surface area contributed by atoms with E-state index in [1.54, 1.807) is 12.1 Å². The predicted molar refractivity (Wildman–Crippen MR) is 77.0 cm³/mol. The van der Waals surface area contributed by atoms with Crippen LogP contribution in [0.25, 0.3) is 0 Å². The summed E-state index contributed by atoms with van der Waals surface area (Å²) in [6.07, 6.45) is 0. The van der Waals surface area contributed by atoms with Crippen LogP contribution in [0.3, 0.4) is 0 Å². The van der Waals surface area contributed by atoms with Crippen molar-refractivity contribution in [1.82, 2.24) is 5.17 Å². The van der Waals surface area contributed by atoms with Gasteiger partial charge in [0.15, 0.2) is 11.5 Å². The molecule has 7 nitrogen and oxygen atoms in total. The molecule has 4 N–H and O–H groups in total. The molecule has 0 fully saturated rings. The van der Waals surface area contributed by atoms with Gasteiger partial charge in [-0.05, 0) is 24.3 Å². The first-order valence-electron chi connectivity index (χ1n) is 6.29. The van der Waals surface area contributed by atoms with Gasteiger partial charge < -0.3 is 15.1 Å². The molecule has 0 aromatic heterocycles. The highest BCUT2D eigenvalue weighted by Gasteiger charge is 2.18. The van der Waals surface area contributed by atoms with Gasteiger partial charge in [-0.3, -0.25) is 9.59 Å². The van der Waals surface area contributed by atoms with E-state index in [0.717, 1.165) is 6.07 Å². The number of phenols is 2. The van der Waals surface area contributed by atoms with Crippen molar-refractivity contribution in [2.75, 3.05) is 0 Å². The molecule has 0 aliphatic carbocycles. The summed E-state index contributed by atoms with van der Waals surface area (Å²) in [4.78, 5) is 28.2. The average molecular weight is 302 g/mol. The zero-order valence-electron chi connectivity index (χ0n) is 11.7. The highest BCUT2D eigenvalue weighted by atomic mass is 16.7. The number of hydrogen-bond acceptors (Lipinski definition) is 6. The molecule has 0 heterocycles. The van der Waals surface area contributed by atoms with Crippen molar-refractivity contribution in [2.24, 2.45) is 5.84 Å². The van der Waals surface area contributed by atoms with Crippen LogP contribution >= 0.6 is 0 Å². The SMILES string of the molecule is CC(=O)N(N)Oc1ccc(C(=O)c2ccccc2O)c(O)c1. The van der Waals surface area contributed by atoms with Gasteiger partial charge in [-0.15, -0.1) is 5.17 Å². The van der Waals surface area contributed by atoms with E-state index in [1.807, 2.05) is 0 Å². The highest BCUT2D eigenvalue weighted by Crippen LogP contribution is 2.28. The van der Waals surface area contributed by atoms with Crippen LogP contribution in [0.4, 0.5) is 0 Å². The quantitative estimate of drug-likeness (QED) is 0.340. The highest BCUT2D eigenvalue weighted by molar-refractivity contribution is 6.12. The lowest BCUT2D eigenvalue weighted by molar-refractivity contribution is -0.155. The van der Waals surface area contributed by atoms with E-state index in [2.05, 4.69) is 0 Å². The minimum absolute atomic E-state index is 0.0137. The summed E-state index contributed by atoms with van der Waals surface area (Å²) in [7, 11) is 0. The molecule has 2 aromatic rings. The molecular formula is C15H14N2O5. The molecule has 114 valence electrons. The number of ketones is 1. The van der Waals surface area contributed by atoms with Crippen molar-refractivity contribution in [3.63, 3.8) is 0 Å². The standard InChI is InChI=1S/C15H14N2O5/c1-9(18)17(16)22-10-6-7-12(14(20)8-10)15(21)11-4-2-3-5-13(11)19/h2-8,19-20H,16H2,1H3. The van der Waals surface area contributed by atoms with Crippen LogP contribution in [0.1, 0.15) is 22.8 Å². The maximum absolute atomic E-state index is 12.3. The number of hydrogen-bond donors (Lipinski definition) is 3. The smallest absolute Gasteiger partial charge is 0.269 e. The molecule has 0 aliphatic rings. The zero-order chi connectivity index (χ0) is 16.3. The van der Waals surface area contributed by atoms with Gasteiger partial charge in [0.05, 0.1) is 11.1 Å². The molecular weight excluding hydrogens is 288 g/mol. The van der Waals surface area contributed by atoms with Gasteiger partial charge in [-0.25, -0.2) is 5.84 Å². The third-order valence-corrected chi connectivity index (χ3v) is 2.88. The summed E-state index contributed by atoms with van der Waals surface area (Å²) >= 11 is 0. The van der Waals surface area contributed by atoms with E-state index >= 15 is 0 Å². The van der Waals surface area contributed by atoms with Gasteiger partial charge in [0.1, 0.15) is 11.5 Å². The molecule has 0 atom stereocenters. The lowest BCUT2D eigenvalue weighted by atomic mass is 10.0. The number of para-hydroxylation sites is 1. The summed E-state index contributed by atoms with van der Waals surface area (Å²) in [5.74, 6) is 3.76. The maximum atomic E-state index is 12.3. The van der Waals surface area contributed by atoms with Crippen molar-refractivity contribution >= 4 is 11.7 Å². The van der Waals surface area contributed by atoms with Gasteiger partial charge >= 0.3 is 0 Å². The summed E-state index contributed by atoms with van der Waals surface area (Å²) < 4.78 is 0. The number of rotatable bonds is 4. The van der Waals surface area contributed by atoms with Crippen molar-refractivity contribution < 1.29 is 24.6 Å². The topological polar surface area (TPSA) is 113 Å². The molecule has 1 amide bonds. The Hall–Kier alpha value is -3.06. The van der Waals surface area contributed by atoms with Crippen molar-refractivity contribution in [2.45, 2.75) is 6.92 Å². The Morgan fingerprint density at radius 1 is 1.05 bits per heavy atom. The van der Waals surface area contributed by atoms with Crippen LogP contribution in [-0.4, -0.2) is 27.1 Å². The van der Waals surface area contributed by atoms with E-state index in [9.17, 15) is 19.8 Å². The van der Waals surface area contributed by atoms with Crippen molar-refractivity contribution in [3.8, 4) is 17.2 Å². The predicted octanol–water partition coefficient (Wildman–Crippen LogP) is 1.34. The van der Waals surface area contributed by atoms with Crippen molar-refractivity contribution in [1.29, 1.82) is 0 Å². The molecule has 0 unspecified atom stereocenters. The number of carbonyl (C=O) groups excluding carboxylic acids is 2. The number of phenolic OH excluding ortho intramolecular Hbond substituents is 2. The molecule has 0 saturated heterocycles. The average Bonchev–Trinajstić information content (AvgIpc) is 2.47. The number of hydroxylamine groups is 1. The Kier molecular flexibility index (Phi) is 4.28. The van der Waals surface area contributed by atoms with E-state index < -0.39 is 11.7 Å². The normalized spacial score (nSPS) is 10.1. The van der Waals surface area contributed by atoms with Crippen molar-refractivity contribution in [3.05, 3.63) is 53.6 Å².